The van der Waals surface area contributed by atoms with E-state index in [2.05, 4.69) is 20.2 Å². The summed E-state index contributed by atoms with van der Waals surface area (Å²) in [5.74, 6) is 1.78. The number of rotatable bonds is 5. The molecule has 0 spiro atoms. The first kappa shape index (κ1) is 14.1. The fourth-order valence-electron chi connectivity index (χ4n) is 2.23. The van der Waals surface area contributed by atoms with E-state index in [1.54, 1.807) is 24.2 Å². The Labute approximate surface area is 118 Å². The van der Waals surface area contributed by atoms with Gasteiger partial charge in [0.05, 0.1) is 0 Å². The Bertz CT molecular complexity index is 401. The monoisotopic (exact) mass is 280 g/mol. The molecule has 0 aromatic carbocycles. The number of thioether (sulfide) groups is 1. The Morgan fingerprint density at radius 1 is 1.53 bits per heavy atom. The summed E-state index contributed by atoms with van der Waals surface area (Å²) < 4.78 is 0. The number of hydrogen-bond donors (Lipinski definition) is 1. The van der Waals surface area contributed by atoms with E-state index in [1.807, 2.05) is 12.3 Å². The minimum atomic E-state index is 0.148. The van der Waals surface area contributed by atoms with E-state index in [9.17, 15) is 4.79 Å². The summed E-state index contributed by atoms with van der Waals surface area (Å²) >= 11 is 1.70. The quantitative estimate of drug-likeness (QED) is 0.881. The maximum absolute atomic E-state index is 11.7. The second-order valence-electron chi connectivity index (χ2n) is 4.64. The molecule has 0 saturated carbocycles. The lowest BCUT2D eigenvalue weighted by Gasteiger charge is -2.33. The van der Waals surface area contributed by atoms with E-state index in [0.717, 1.165) is 37.6 Å². The number of anilines is 1. The number of amides is 1. The van der Waals surface area contributed by atoms with Crippen LogP contribution in [0.15, 0.2) is 18.5 Å². The Kier molecular flexibility index (Phi) is 5.44. The van der Waals surface area contributed by atoms with Crippen molar-refractivity contribution in [1.82, 2.24) is 15.3 Å². The molecule has 6 heteroatoms. The van der Waals surface area contributed by atoms with Crippen LogP contribution in [0.1, 0.15) is 19.3 Å². The number of hydrogen-bond acceptors (Lipinski definition) is 5. The molecule has 104 valence electrons. The number of piperidine rings is 1. The van der Waals surface area contributed by atoms with Crippen molar-refractivity contribution < 1.29 is 4.79 Å². The number of carbonyl (C=O) groups excluding carboxylic acids is 1. The van der Waals surface area contributed by atoms with Gasteiger partial charge in [-0.15, -0.1) is 0 Å². The van der Waals surface area contributed by atoms with Crippen molar-refractivity contribution in [2.45, 2.75) is 25.3 Å². The standard InChI is InChI=1S/C13H20N4OS/c1-19-9-5-12(18)16-11-4-2-8-17(10-11)13-14-6-3-7-15-13/h3,6-7,11H,2,4-5,8-10H2,1H3,(H,16,18)/t11-/m1/s1. The van der Waals surface area contributed by atoms with Crippen LogP contribution in [-0.4, -0.2) is 47.0 Å². The van der Waals surface area contributed by atoms with Gasteiger partial charge in [-0.25, -0.2) is 9.97 Å². The van der Waals surface area contributed by atoms with E-state index >= 15 is 0 Å². The highest BCUT2D eigenvalue weighted by molar-refractivity contribution is 7.98. The molecule has 2 heterocycles. The number of nitrogens with zero attached hydrogens (tertiary/aromatic N) is 3. The molecule has 1 fully saturated rings. The normalized spacial score (nSPS) is 19.2. The van der Waals surface area contributed by atoms with Crippen molar-refractivity contribution in [2.24, 2.45) is 0 Å². The second kappa shape index (κ2) is 7.33. The zero-order valence-electron chi connectivity index (χ0n) is 11.2. The molecule has 19 heavy (non-hydrogen) atoms. The lowest BCUT2D eigenvalue weighted by Crippen LogP contribution is -2.48. The van der Waals surface area contributed by atoms with E-state index in [-0.39, 0.29) is 11.9 Å². The highest BCUT2D eigenvalue weighted by Crippen LogP contribution is 2.15. The number of aromatic nitrogens is 2. The maximum Gasteiger partial charge on any atom is 0.225 e. The molecule has 1 N–H and O–H groups in total. The van der Waals surface area contributed by atoms with Gasteiger partial charge in [-0.3, -0.25) is 4.79 Å². The van der Waals surface area contributed by atoms with Gasteiger partial charge in [0.2, 0.25) is 11.9 Å². The van der Waals surface area contributed by atoms with Crippen LogP contribution in [0.4, 0.5) is 5.95 Å². The predicted octanol–water partition coefficient (Wildman–Crippen LogP) is 1.31. The third kappa shape index (κ3) is 4.38. The van der Waals surface area contributed by atoms with Crippen molar-refractivity contribution in [3.8, 4) is 0 Å². The maximum atomic E-state index is 11.7. The third-order valence-corrected chi connectivity index (χ3v) is 3.77. The van der Waals surface area contributed by atoms with Gasteiger partial charge < -0.3 is 10.2 Å². The first-order chi connectivity index (χ1) is 9.29. The molecule has 1 saturated heterocycles. The fourth-order valence-corrected chi connectivity index (χ4v) is 2.62. The zero-order chi connectivity index (χ0) is 13.5. The van der Waals surface area contributed by atoms with Crippen LogP contribution in [-0.2, 0) is 4.79 Å². The number of nitrogens with one attached hydrogen (secondary N) is 1. The van der Waals surface area contributed by atoms with Crippen LogP contribution < -0.4 is 10.2 Å². The highest BCUT2D eigenvalue weighted by atomic mass is 32.2. The summed E-state index contributed by atoms with van der Waals surface area (Å²) in [6.45, 7) is 1.76. The van der Waals surface area contributed by atoms with Crippen molar-refractivity contribution in [3.05, 3.63) is 18.5 Å². The molecule has 2 rings (SSSR count). The number of carbonyl (C=O) groups is 1. The largest absolute Gasteiger partial charge is 0.352 e. The van der Waals surface area contributed by atoms with Gasteiger partial charge >= 0.3 is 0 Å². The van der Waals surface area contributed by atoms with Crippen LogP contribution in [0.2, 0.25) is 0 Å². The molecule has 1 atom stereocenters. The summed E-state index contributed by atoms with van der Waals surface area (Å²) in [7, 11) is 0. The Morgan fingerprint density at radius 2 is 2.32 bits per heavy atom. The minimum absolute atomic E-state index is 0.148. The summed E-state index contributed by atoms with van der Waals surface area (Å²) in [5, 5.41) is 3.10. The van der Waals surface area contributed by atoms with Crippen molar-refractivity contribution >= 4 is 23.6 Å². The average molecular weight is 280 g/mol. The summed E-state index contributed by atoms with van der Waals surface area (Å²) in [5.41, 5.74) is 0. The van der Waals surface area contributed by atoms with Crippen LogP contribution >= 0.6 is 11.8 Å². The summed E-state index contributed by atoms with van der Waals surface area (Å²) in [6.07, 6.45) is 8.22. The molecule has 5 nitrogen and oxygen atoms in total. The Hall–Kier alpha value is -1.30. The van der Waals surface area contributed by atoms with Gasteiger partial charge in [0.1, 0.15) is 0 Å². The molecule has 0 aliphatic carbocycles. The molecule has 0 bridgehead atoms. The first-order valence-electron chi connectivity index (χ1n) is 6.60. The predicted molar refractivity (Wildman–Crippen MR) is 78.4 cm³/mol. The van der Waals surface area contributed by atoms with Crippen molar-refractivity contribution in [3.63, 3.8) is 0 Å². The fraction of sp³-hybridized carbons (Fsp3) is 0.615. The highest BCUT2D eigenvalue weighted by Gasteiger charge is 2.22. The molecule has 1 aromatic rings. The van der Waals surface area contributed by atoms with Crippen LogP contribution in [0, 0.1) is 0 Å². The van der Waals surface area contributed by atoms with Crippen LogP contribution in [0.3, 0.4) is 0 Å². The molecule has 1 aromatic heterocycles. The van der Waals surface area contributed by atoms with Gasteiger partial charge in [-0.05, 0) is 25.2 Å². The van der Waals surface area contributed by atoms with Gasteiger partial charge in [-0.2, -0.15) is 11.8 Å². The van der Waals surface area contributed by atoms with Crippen LogP contribution in [0.25, 0.3) is 0 Å². The second-order valence-corrected chi connectivity index (χ2v) is 5.63. The van der Waals surface area contributed by atoms with E-state index < -0.39 is 0 Å². The first-order valence-corrected chi connectivity index (χ1v) is 7.99. The van der Waals surface area contributed by atoms with E-state index in [4.69, 9.17) is 0 Å². The van der Waals surface area contributed by atoms with E-state index in [1.165, 1.54) is 0 Å². The minimum Gasteiger partial charge on any atom is -0.352 e. The van der Waals surface area contributed by atoms with Gasteiger partial charge in [0.15, 0.2) is 0 Å². The summed E-state index contributed by atoms with van der Waals surface area (Å²) in [6, 6.07) is 2.03. The molecule has 1 amide bonds. The molecule has 0 unspecified atom stereocenters. The van der Waals surface area contributed by atoms with E-state index in [0.29, 0.717) is 6.42 Å². The molecule has 1 aliphatic rings. The Balaban J connectivity index is 1.85. The lowest BCUT2D eigenvalue weighted by atomic mass is 10.1. The average Bonchev–Trinajstić information content (AvgIpc) is 2.46. The third-order valence-electron chi connectivity index (χ3n) is 3.15. The SMILES string of the molecule is CSCCC(=O)N[C@@H]1CCCN(c2ncccn2)C1. The lowest BCUT2D eigenvalue weighted by molar-refractivity contribution is -0.121. The van der Waals surface area contributed by atoms with Gasteiger partial charge in [-0.1, -0.05) is 0 Å². The molecule has 0 radical (unpaired) electrons. The van der Waals surface area contributed by atoms with Crippen LogP contribution in [0.5, 0.6) is 0 Å². The van der Waals surface area contributed by atoms with Crippen molar-refractivity contribution in [2.75, 3.05) is 30.0 Å². The molecular weight excluding hydrogens is 260 g/mol. The van der Waals surface area contributed by atoms with Crippen molar-refractivity contribution in [1.29, 1.82) is 0 Å². The summed E-state index contributed by atoms with van der Waals surface area (Å²) in [4.78, 5) is 22.4. The molecule has 1 aliphatic heterocycles. The topological polar surface area (TPSA) is 58.1 Å². The zero-order valence-corrected chi connectivity index (χ0v) is 12.0. The van der Waals surface area contributed by atoms with Gasteiger partial charge in [0, 0.05) is 43.7 Å². The smallest absolute Gasteiger partial charge is 0.225 e. The van der Waals surface area contributed by atoms with Gasteiger partial charge in [0.25, 0.3) is 0 Å². The Morgan fingerprint density at radius 3 is 3.05 bits per heavy atom. The molecular formula is C13H20N4OS.